The molecule has 10 heteroatoms. The van der Waals surface area contributed by atoms with Gasteiger partial charge < -0.3 is 10.5 Å². The predicted octanol–water partition coefficient (Wildman–Crippen LogP) is 2.28. The van der Waals surface area contributed by atoms with Crippen molar-refractivity contribution in [3.63, 3.8) is 0 Å². The summed E-state index contributed by atoms with van der Waals surface area (Å²) in [5.74, 6) is -1.25. The molecule has 1 aliphatic rings. The van der Waals surface area contributed by atoms with Crippen LogP contribution in [0.3, 0.4) is 0 Å². The molecule has 8 nitrogen and oxygen atoms in total. The fraction of sp³-hybridized carbons (Fsp3) is 0.400. The van der Waals surface area contributed by atoms with Crippen LogP contribution in [0.1, 0.15) is 42.2 Å². The third-order valence-corrected chi connectivity index (χ3v) is 9.53. The number of sulfone groups is 1. The lowest BCUT2D eigenvalue weighted by atomic mass is 9.94. The van der Waals surface area contributed by atoms with Gasteiger partial charge in [-0.2, -0.15) is 0 Å². The zero-order chi connectivity index (χ0) is 21.9. The van der Waals surface area contributed by atoms with E-state index in [4.69, 9.17) is 10.9 Å². The molecule has 1 unspecified atom stereocenters. The molecule has 30 heavy (non-hydrogen) atoms. The van der Waals surface area contributed by atoms with Crippen LogP contribution in [-0.2, 0) is 28.9 Å². The quantitative estimate of drug-likeness (QED) is 0.347. The Balaban J connectivity index is 1.95. The Bertz CT molecular complexity index is 1030. The minimum absolute atomic E-state index is 0.0130. The number of esters is 1. The van der Waals surface area contributed by atoms with Gasteiger partial charge in [-0.15, -0.1) is 11.3 Å². The van der Waals surface area contributed by atoms with E-state index in [2.05, 4.69) is 4.74 Å². The molecule has 4 N–H and O–H groups in total. The number of nitrogens with one attached hydrogen (secondary N) is 1. The highest BCUT2D eigenvalue weighted by Crippen LogP contribution is 2.47. The van der Waals surface area contributed by atoms with Gasteiger partial charge in [-0.3, -0.25) is 14.8 Å². The highest BCUT2D eigenvalue weighted by molar-refractivity contribution is 7.92. The first-order valence-electron chi connectivity index (χ1n) is 9.43. The van der Waals surface area contributed by atoms with Gasteiger partial charge in [0.2, 0.25) is 5.91 Å². The highest BCUT2D eigenvalue weighted by atomic mass is 32.2. The van der Waals surface area contributed by atoms with Crippen LogP contribution in [0.25, 0.3) is 10.4 Å². The number of thiophene rings is 1. The number of rotatable bonds is 6. The largest absolute Gasteiger partial charge is 0.468 e. The van der Waals surface area contributed by atoms with E-state index in [1.165, 1.54) is 18.4 Å². The lowest BCUT2D eigenvalue weighted by Crippen LogP contribution is -2.43. The summed E-state index contributed by atoms with van der Waals surface area (Å²) >= 11 is 1.31. The van der Waals surface area contributed by atoms with Gasteiger partial charge in [-0.05, 0) is 36.1 Å². The summed E-state index contributed by atoms with van der Waals surface area (Å²) in [4.78, 5) is 24.9. The van der Waals surface area contributed by atoms with E-state index in [0.29, 0.717) is 29.7 Å². The zero-order valence-corrected chi connectivity index (χ0v) is 18.1. The standard InChI is InChI=1S/C20H24N2O6S2/c1-28-19(24)18(21)14-6-4-13(5-7-14)15-8-9-16(29-15)20(12-17(23)22-25)10-2-3-11-30(20,26)27/h4-9,18,25H,2-3,10-12,21H2,1H3,(H,22,23)/t18?,20-/m0/s1. The minimum atomic E-state index is -3.57. The van der Waals surface area contributed by atoms with E-state index in [0.717, 1.165) is 10.4 Å². The Labute approximate surface area is 178 Å². The fourth-order valence-electron chi connectivity index (χ4n) is 3.77. The van der Waals surface area contributed by atoms with Crippen molar-refractivity contribution in [2.45, 2.75) is 36.5 Å². The van der Waals surface area contributed by atoms with E-state index in [9.17, 15) is 18.0 Å². The minimum Gasteiger partial charge on any atom is -0.468 e. The van der Waals surface area contributed by atoms with E-state index in [1.807, 2.05) is 6.07 Å². The summed E-state index contributed by atoms with van der Waals surface area (Å²) in [6.45, 7) is 0. The van der Waals surface area contributed by atoms with Crippen molar-refractivity contribution in [3.8, 4) is 10.4 Å². The molecule has 2 heterocycles. The Morgan fingerprint density at radius 1 is 1.23 bits per heavy atom. The number of methoxy groups -OCH3 is 1. The molecule has 0 spiro atoms. The van der Waals surface area contributed by atoms with Crippen molar-refractivity contribution in [3.05, 3.63) is 46.8 Å². The lowest BCUT2D eigenvalue weighted by Gasteiger charge is -2.35. The first-order chi connectivity index (χ1) is 14.2. The van der Waals surface area contributed by atoms with Gasteiger partial charge in [0.25, 0.3) is 0 Å². The van der Waals surface area contributed by atoms with Crippen molar-refractivity contribution >= 4 is 33.1 Å². The van der Waals surface area contributed by atoms with E-state index in [-0.39, 0.29) is 12.2 Å². The number of ether oxygens (including phenoxy) is 1. The van der Waals surface area contributed by atoms with E-state index >= 15 is 0 Å². The number of carbonyl (C=O) groups excluding carboxylic acids is 2. The maximum absolute atomic E-state index is 13.0. The summed E-state index contributed by atoms with van der Waals surface area (Å²) in [5, 5.41) is 8.97. The first kappa shape index (κ1) is 22.4. The van der Waals surface area contributed by atoms with E-state index < -0.39 is 32.5 Å². The summed E-state index contributed by atoms with van der Waals surface area (Å²) in [5.41, 5.74) is 8.85. The Hall–Kier alpha value is -2.27. The van der Waals surface area contributed by atoms with Crippen LogP contribution in [0.15, 0.2) is 36.4 Å². The molecule has 1 saturated heterocycles. The number of nitrogens with two attached hydrogens (primary N) is 1. The van der Waals surface area contributed by atoms with Crippen molar-refractivity contribution < 1.29 is 28.0 Å². The molecule has 0 aliphatic carbocycles. The molecular formula is C20H24N2O6S2. The molecule has 1 amide bonds. The number of hydrogen-bond acceptors (Lipinski definition) is 8. The normalized spacial score (nSPS) is 21.6. The van der Waals surface area contributed by atoms with Gasteiger partial charge >= 0.3 is 5.97 Å². The number of hydroxylamine groups is 1. The smallest absolute Gasteiger partial charge is 0.327 e. The van der Waals surface area contributed by atoms with Crippen molar-refractivity contribution in [2.24, 2.45) is 5.73 Å². The molecule has 1 aromatic heterocycles. The monoisotopic (exact) mass is 452 g/mol. The maximum atomic E-state index is 13.0. The van der Waals surface area contributed by atoms with Gasteiger partial charge in [0.1, 0.15) is 10.8 Å². The molecular weight excluding hydrogens is 428 g/mol. The predicted molar refractivity (Wildman–Crippen MR) is 113 cm³/mol. The number of carbonyl (C=O) groups is 2. The lowest BCUT2D eigenvalue weighted by molar-refractivity contribution is -0.142. The maximum Gasteiger partial charge on any atom is 0.327 e. The SMILES string of the molecule is COC(=O)C(N)c1ccc(-c2ccc([C@@]3(CC(=O)NO)CCCCS3(=O)=O)s2)cc1. The van der Waals surface area contributed by atoms with Gasteiger partial charge in [-0.25, -0.2) is 13.9 Å². The molecule has 1 aromatic carbocycles. The summed E-state index contributed by atoms with van der Waals surface area (Å²) < 4.78 is 29.3. The summed E-state index contributed by atoms with van der Waals surface area (Å²) in [7, 11) is -2.30. The summed E-state index contributed by atoms with van der Waals surface area (Å²) in [6, 6.07) is 9.73. The van der Waals surface area contributed by atoms with Gasteiger partial charge in [0.05, 0.1) is 19.3 Å². The molecule has 1 fully saturated rings. The average molecular weight is 453 g/mol. The van der Waals surface area contributed by atoms with Crippen LogP contribution >= 0.6 is 11.3 Å². The first-order valence-corrected chi connectivity index (χ1v) is 11.9. The molecule has 2 atom stereocenters. The number of benzene rings is 1. The van der Waals surface area contributed by atoms with Crippen LogP contribution in [-0.4, -0.2) is 38.4 Å². The second-order valence-electron chi connectivity index (χ2n) is 7.27. The molecule has 3 rings (SSSR count). The van der Waals surface area contributed by atoms with Crippen LogP contribution in [0, 0.1) is 0 Å². The van der Waals surface area contributed by atoms with Crippen LogP contribution in [0.2, 0.25) is 0 Å². The third-order valence-electron chi connectivity index (χ3n) is 5.47. The second-order valence-corrected chi connectivity index (χ2v) is 10.8. The van der Waals surface area contributed by atoms with Gasteiger partial charge in [-0.1, -0.05) is 30.7 Å². The number of hydrogen-bond donors (Lipinski definition) is 3. The van der Waals surface area contributed by atoms with Gasteiger partial charge in [0, 0.05) is 9.75 Å². The summed E-state index contributed by atoms with van der Waals surface area (Å²) in [6.07, 6.45) is 1.25. The highest BCUT2D eigenvalue weighted by Gasteiger charge is 2.49. The molecule has 0 radical (unpaired) electrons. The van der Waals surface area contributed by atoms with Crippen molar-refractivity contribution in [1.29, 1.82) is 0 Å². The second kappa shape index (κ2) is 8.84. The van der Waals surface area contributed by atoms with Crippen LogP contribution < -0.4 is 11.2 Å². The fourth-order valence-corrected chi connectivity index (χ4v) is 7.55. The average Bonchev–Trinajstić information content (AvgIpc) is 3.24. The van der Waals surface area contributed by atoms with Crippen molar-refractivity contribution in [2.75, 3.05) is 12.9 Å². The Kier molecular flexibility index (Phi) is 6.61. The zero-order valence-electron chi connectivity index (χ0n) is 16.5. The molecule has 0 bridgehead atoms. The molecule has 1 aliphatic heterocycles. The molecule has 162 valence electrons. The van der Waals surface area contributed by atoms with E-state index in [1.54, 1.807) is 35.8 Å². The topological polar surface area (TPSA) is 136 Å². The molecule has 2 aromatic rings. The Morgan fingerprint density at radius 3 is 2.53 bits per heavy atom. The Morgan fingerprint density at radius 2 is 1.93 bits per heavy atom. The molecule has 0 saturated carbocycles. The van der Waals surface area contributed by atoms with Crippen LogP contribution in [0.5, 0.6) is 0 Å². The van der Waals surface area contributed by atoms with Crippen molar-refractivity contribution in [1.82, 2.24) is 5.48 Å². The van der Waals surface area contributed by atoms with Crippen LogP contribution in [0.4, 0.5) is 0 Å². The number of amides is 1. The third kappa shape index (κ3) is 4.13. The van der Waals surface area contributed by atoms with Gasteiger partial charge in [0.15, 0.2) is 9.84 Å².